The SMILES string of the molecule is COC1(C(=O)Nc2ccc3c(c2)NC(CN2CCC(c4cccc(OCc5ccc(Cl)cc5F)n4)CC2)N3C)CCCOC1. The topological polar surface area (TPSA) is 88.2 Å². The largest absolute Gasteiger partial charge is 0.473 e. The number of rotatable bonds is 9. The van der Waals surface area contributed by atoms with Gasteiger partial charge in [0, 0.05) is 61.3 Å². The summed E-state index contributed by atoms with van der Waals surface area (Å²) in [5.74, 6) is 0.273. The molecule has 0 aliphatic carbocycles. The fourth-order valence-corrected chi connectivity index (χ4v) is 6.44. The Morgan fingerprint density at radius 2 is 2.05 bits per heavy atom. The maximum atomic E-state index is 14.1. The van der Waals surface area contributed by atoms with Gasteiger partial charge in [-0.15, -0.1) is 0 Å². The second kappa shape index (κ2) is 13.3. The van der Waals surface area contributed by atoms with E-state index in [-0.39, 0.29) is 31.1 Å². The van der Waals surface area contributed by atoms with Crippen LogP contribution >= 0.6 is 11.6 Å². The van der Waals surface area contributed by atoms with Crippen LogP contribution in [0.2, 0.25) is 5.02 Å². The summed E-state index contributed by atoms with van der Waals surface area (Å²) in [6.07, 6.45) is 3.54. The Morgan fingerprint density at radius 3 is 2.80 bits per heavy atom. The Balaban J connectivity index is 1.01. The summed E-state index contributed by atoms with van der Waals surface area (Å²) < 4.78 is 31.1. The van der Waals surface area contributed by atoms with Crippen molar-refractivity contribution in [1.29, 1.82) is 0 Å². The van der Waals surface area contributed by atoms with E-state index in [2.05, 4.69) is 27.5 Å². The number of carbonyl (C=O) groups is 1. The molecule has 3 aliphatic heterocycles. The third-order valence-corrected chi connectivity index (χ3v) is 9.24. The molecule has 0 spiro atoms. The zero-order chi connectivity index (χ0) is 30.7. The van der Waals surface area contributed by atoms with E-state index >= 15 is 0 Å². The second-order valence-corrected chi connectivity index (χ2v) is 12.2. The molecule has 4 heterocycles. The summed E-state index contributed by atoms with van der Waals surface area (Å²) in [5.41, 5.74) is 3.33. The number of anilines is 3. The van der Waals surface area contributed by atoms with Crippen LogP contribution in [0, 0.1) is 5.82 Å². The van der Waals surface area contributed by atoms with Gasteiger partial charge >= 0.3 is 0 Å². The van der Waals surface area contributed by atoms with Crippen LogP contribution in [0.5, 0.6) is 5.88 Å². The molecule has 1 amide bonds. The first-order chi connectivity index (χ1) is 21.3. The average Bonchev–Trinajstić information content (AvgIpc) is 3.35. The third kappa shape index (κ3) is 6.63. The summed E-state index contributed by atoms with van der Waals surface area (Å²) >= 11 is 5.86. The molecule has 0 saturated carbocycles. The van der Waals surface area contributed by atoms with E-state index in [4.69, 9.17) is 30.8 Å². The first kappa shape index (κ1) is 30.6. The highest BCUT2D eigenvalue weighted by molar-refractivity contribution is 6.30. The van der Waals surface area contributed by atoms with E-state index in [0.29, 0.717) is 35.4 Å². The highest BCUT2D eigenvalue weighted by Crippen LogP contribution is 2.37. The van der Waals surface area contributed by atoms with Crippen LogP contribution in [0.1, 0.15) is 42.9 Å². The van der Waals surface area contributed by atoms with Crippen molar-refractivity contribution in [2.24, 2.45) is 0 Å². The number of hydrogen-bond donors (Lipinski definition) is 2. The third-order valence-electron chi connectivity index (χ3n) is 9.01. The molecule has 1 aromatic heterocycles. The van der Waals surface area contributed by atoms with E-state index < -0.39 is 5.60 Å². The van der Waals surface area contributed by atoms with Crippen molar-refractivity contribution in [3.05, 3.63) is 76.7 Å². The number of methoxy groups -OCH3 is 1. The molecule has 11 heteroatoms. The van der Waals surface area contributed by atoms with Gasteiger partial charge in [-0.2, -0.15) is 0 Å². The fourth-order valence-electron chi connectivity index (χ4n) is 6.28. The second-order valence-electron chi connectivity index (χ2n) is 11.8. The first-order valence-electron chi connectivity index (χ1n) is 15.2. The lowest BCUT2D eigenvalue weighted by molar-refractivity contribution is -0.154. The number of hydrogen-bond acceptors (Lipinski definition) is 8. The molecule has 2 aromatic carbocycles. The summed E-state index contributed by atoms with van der Waals surface area (Å²) in [5, 5.41) is 7.05. The summed E-state index contributed by atoms with van der Waals surface area (Å²) in [6, 6.07) is 16.4. The zero-order valence-corrected chi connectivity index (χ0v) is 25.9. The molecule has 2 N–H and O–H groups in total. The number of piperidine rings is 1. The van der Waals surface area contributed by atoms with Gasteiger partial charge in [0.05, 0.1) is 18.0 Å². The van der Waals surface area contributed by atoms with Crippen molar-refractivity contribution < 1.29 is 23.4 Å². The summed E-state index contributed by atoms with van der Waals surface area (Å²) in [7, 11) is 3.66. The van der Waals surface area contributed by atoms with Gasteiger partial charge in [0.15, 0.2) is 5.60 Å². The number of fused-ring (bicyclic) bond motifs is 1. The molecule has 0 bridgehead atoms. The number of carbonyl (C=O) groups excluding carboxylic acids is 1. The number of pyridine rings is 1. The van der Waals surface area contributed by atoms with Gasteiger partial charge in [-0.1, -0.05) is 23.7 Å². The Morgan fingerprint density at radius 1 is 1.20 bits per heavy atom. The number of amides is 1. The predicted molar refractivity (Wildman–Crippen MR) is 169 cm³/mol. The Hall–Kier alpha value is -3.44. The van der Waals surface area contributed by atoms with Gasteiger partial charge in [-0.25, -0.2) is 9.37 Å². The maximum absolute atomic E-state index is 14.1. The van der Waals surface area contributed by atoms with Gasteiger partial charge in [-0.05, 0) is 75.2 Å². The molecule has 2 unspecified atom stereocenters. The lowest BCUT2D eigenvalue weighted by Gasteiger charge is -2.35. The van der Waals surface area contributed by atoms with Crippen LogP contribution in [0.15, 0.2) is 54.6 Å². The predicted octanol–water partition coefficient (Wildman–Crippen LogP) is 5.65. The zero-order valence-electron chi connectivity index (χ0n) is 25.2. The normalized spacial score (nSPS) is 22.4. The van der Waals surface area contributed by atoms with E-state index in [1.54, 1.807) is 19.2 Å². The van der Waals surface area contributed by atoms with Gasteiger partial charge in [0.2, 0.25) is 5.88 Å². The fraction of sp³-hybridized carbons (Fsp3) is 0.455. The molecule has 234 valence electrons. The minimum absolute atomic E-state index is 0.0962. The molecule has 2 atom stereocenters. The van der Waals surface area contributed by atoms with Gasteiger partial charge in [0.1, 0.15) is 18.6 Å². The molecule has 3 aromatic rings. The van der Waals surface area contributed by atoms with Crippen molar-refractivity contribution in [3.63, 3.8) is 0 Å². The smallest absolute Gasteiger partial charge is 0.259 e. The minimum Gasteiger partial charge on any atom is -0.473 e. The van der Waals surface area contributed by atoms with Crippen molar-refractivity contribution in [2.45, 2.75) is 50.0 Å². The molecule has 2 fully saturated rings. The van der Waals surface area contributed by atoms with Crippen LogP contribution in [0.25, 0.3) is 0 Å². The lowest BCUT2D eigenvalue weighted by Crippen LogP contribution is -2.50. The van der Waals surface area contributed by atoms with Gasteiger partial charge < -0.3 is 29.7 Å². The van der Waals surface area contributed by atoms with E-state index in [0.717, 1.165) is 61.7 Å². The van der Waals surface area contributed by atoms with Crippen LogP contribution in [0.3, 0.4) is 0 Å². The van der Waals surface area contributed by atoms with Crippen LogP contribution in [0.4, 0.5) is 21.5 Å². The molecule has 3 aliphatic rings. The van der Waals surface area contributed by atoms with Crippen LogP contribution in [-0.2, 0) is 20.9 Å². The number of ether oxygens (including phenoxy) is 3. The number of halogens is 2. The van der Waals surface area contributed by atoms with Gasteiger partial charge in [0.25, 0.3) is 5.91 Å². The van der Waals surface area contributed by atoms with Crippen LogP contribution < -0.4 is 20.3 Å². The lowest BCUT2D eigenvalue weighted by atomic mass is 9.93. The Labute approximate surface area is 262 Å². The Kier molecular flexibility index (Phi) is 9.23. The molecule has 0 radical (unpaired) electrons. The average molecular weight is 624 g/mol. The quantitative estimate of drug-likeness (QED) is 0.316. The number of nitrogens with one attached hydrogen (secondary N) is 2. The summed E-state index contributed by atoms with van der Waals surface area (Å²) in [6.45, 7) is 3.80. The van der Waals surface area contributed by atoms with Crippen molar-refractivity contribution in [2.75, 3.05) is 62.5 Å². The van der Waals surface area contributed by atoms with Crippen LogP contribution in [-0.4, -0.2) is 74.6 Å². The number of aromatic nitrogens is 1. The minimum atomic E-state index is -0.948. The molecule has 6 rings (SSSR count). The van der Waals surface area contributed by atoms with E-state index in [1.807, 2.05) is 36.4 Å². The van der Waals surface area contributed by atoms with Crippen molar-refractivity contribution in [3.8, 4) is 5.88 Å². The number of benzene rings is 2. The standard InChI is InChI=1S/C33H39ClFN5O4/c1-39-29-10-9-25(36-32(41)33(42-2)13-4-16-43-21-33)18-28(29)37-30(39)19-40-14-11-22(12-15-40)27-5-3-6-31(38-27)44-20-23-7-8-24(34)17-26(23)35/h3,5-10,17-18,22,30,37H,4,11-16,19-21H2,1-2H3,(H,36,41). The van der Waals surface area contributed by atoms with Crippen molar-refractivity contribution >= 4 is 34.6 Å². The highest BCUT2D eigenvalue weighted by atomic mass is 35.5. The van der Waals surface area contributed by atoms with Crippen molar-refractivity contribution in [1.82, 2.24) is 9.88 Å². The molecular weight excluding hydrogens is 585 g/mol. The highest BCUT2D eigenvalue weighted by Gasteiger charge is 2.41. The Bertz CT molecular complexity index is 1480. The number of nitrogens with zero attached hydrogens (tertiary/aromatic N) is 3. The summed E-state index contributed by atoms with van der Waals surface area (Å²) in [4.78, 5) is 22.6. The molecule has 9 nitrogen and oxygen atoms in total. The van der Waals surface area contributed by atoms with Gasteiger partial charge in [-0.3, -0.25) is 9.69 Å². The first-order valence-corrected chi connectivity index (χ1v) is 15.6. The maximum Gasteiger partial charge on any atom is 0.259 e. The number of likely N-dealkylation sites (tertiary alicyclic amines) is 1. The van der Waals surface area contributed by atoms with E-state index in [1.165, 1.54) is 6.07 Å². The molecule has 44 heavy (non-hydrogen) atoms. The monoisotopic (exact) mass is 623 g/mol. The van der Waals surface area contributed by atoms with E-state index in [9.17, 15) is 9.18 Å². The molecular formula is C33H39ClFN5O4. The molecule has 2 saturated heterocycles. The number of likely N-dealkylation sites (N-methyl/N-ethyl adjacent to an activating group) is 1.